The molecule has 0 spiro atoms. The lowest BCUT2D eigenvalue weighted by molar-refractivity contribution is 0.167. The molecular formula is C15H20N2O. The summed E-state index contributed by atoms with van der Waals surface area (Å²) in [5, 5.41) is 14.5. The Bertz CT molecular complexity index is 517. The summed E-state index contributed by atoms with van der Waals surface area (Å²) in [5.74, 6) is 0. The fourth-order valence-electron chi connectivity index (χ4n) is 2.30. The van der Waals surface area contributed by atoms with Crippen molar-refractivity contribution in [3.8, 4) is 0 Å². The lowest BCUT2D eigenvalue weighted by Gasteiger charge is -2.10. The van der Waals surface area contributed by atoms with Crippen LogP contribution in [0, 0.1) is 13.8 Å². The molecule has 0 radical (unpaired) electrons. The molecule has 0 saturated heterocycles. The molecule has 0 aliphatic carbocycles. The van der Waals surface area contributed by atoms with Gasteiger partial charge in [-0.3, -0.25) is 4.68 Å². The molecule has 1 N–H and O–H groups in total. The number of hydrogen-bond acceptors (Lipinski definition) is 2. The van der Waals surface area contributed by atoms with Gasteiger partial charge < -0.3 is 5.11 Å². The third kappa shape index (κ3) is 2.62. The van der Waals surface area contributed by atoms with Gasteiger partial charge in [-0.2, -0.15) is 5.10 Å². The fourth-order valence-corrected chi connectivity index (χ4v) is 2.30. The Morgan fingerprint density at radius 2 is 1.89 bits per heavy atom. The second-order valence-corrected chi connectivity index (χ2v) is 4.74. The van der Waals surface area contributed by atoms with Crippen molar-refractivity contribution in [1.29, 1.82) is 0 Å². The van der Waals surface area contributed by atoms with E-state index >= 15 is 0 Å². The average Bonchev–Trinajstić information content (AvgIpc) is 2.62. The maximum Gasteiger partial charge on any atom is 0.0793 e. The summed E-state index contributed by atoms with van der Waals surface area (Å²) < 4.78 is 1.90. The SMILES string of the molecule is Cc1nn(C)c(C)c1CCC(O)c1ccccc1. The first-order chi connectivity index (χ1) is 8.59. The zero-order valence-electron chi connectivity index (χ0n) is 11.2. The largest absolute Gasteiger partial charge is 0.388 e. The molecule has 3 heteroatoms. The quantitative estimate of drug-likeness (QED) is 0.898. The highest BCUT2D eigenvalue weighted by atomic mass is 16.3. The van der Waals surface area contributed by atoms with Crippen molar-refractivity contribution in [3.05, 3.63) is 52.8 Å². The smallest absolute Gasteiger partial charge is 0.0793 e. The molecule has 1 aromatic heterocycles. The van der Waals surface area contributed by atoms with E-state index in [0.717, 1.165) is 24.1 Å². The molecule has 0 aliphatic heterocycles. The lowest BCUT2D eigenvalue weighted by atomic mass is 10.0. The normalized spacial score (nSPS) is 12.7. The molecule has 0 aliphatic rings. The molecule has 1 unspecified atom stereocenters. The van der Waals surface area contributed by atoms with Crippen LogP contribution in [0.4, 0.5) is 0 Å². The Kier molecular flexibility index (Phi) is 3.82. The summed E-state index contributed by atoms with van der Waals surface area (Å²) in [6.45, 7) is 4.10. The van der Waals surface area contributed by atoms with Crippen LogP contribution in [0.3, 0.4) is 0 Å². The van der Waals surface area contributed by atoms with E-state index in [4.69, 9.17) is 0 Å². The van der Waals surface area contributed by atoms with Crippen molar-refractivity contribution in [1.82, 2.24) is 9.78 Å². The molecule has 1 aromatic carbocycles. The summed E-state index contributed by atoms with van der Waals surface area (Å²) in [6, 6.07) is 9.81. The summed E-state index contributed by atoms with van der Waals surface area (Å²) in [4.78, 5) is 0. The van der Waals surface area contributed by atoms with E-state index in [0.29, 0.717) is 0 Å². The van der Waals surface area contributed by atoms with Crippen LogP contribution < -0.4 is 0 Å². The van der Waals surface area contributed by atoms with Gasteiger partial charge in [0, 0.05) is 12.7 Å². The first-order valence-electron chi connectivity index (χ1n) is 6.31. The molecule has 0 bridgehead atoms. The molecule has 1 heterocycles. The molecule has 2 rings (SSSR count). The van der Waals surface area contributed by atoms with E-state index in [9.17, 15) is 5.11 Å². The van der Waals surface area contributed by atoms with Crippen molar-refractivity contribution in [2.24, 2.45) is 7.05 Å². The number of hydrogen-bond donors (Lipinski definition) is 1. The van der Waals surface area contributed by atoms with E-state index in [1.165, 1.54) is 11.3 Å². The summed E-state index contributed by atoms with van der Waals surface area (Å²) in [6.07, 6.45) is 1.20. The third-order valence-corrected chi connectivity index (χ3v) is 3.51. The molecule has 0 amide bonds. The van der Waals surface area contributed by atoms with Crippen molar-refractivity contribution in [2.75, 3.05) is 0 Å². The molecule has 18 heavy (non-hydrogen) atoms. The van der Waals surface area contributed by atoms with Crippen molar-refractivity contribution in [3.63, 3.8) is 0 Å². The highest BCUT2D eigenvalue weighted by Crippen LogP contribution is 2.21. The second-order valence-electron chi connectivity index (χ2n) is 4.74. The third-order valence-electron chi connectivity index (χ3n) is 3.51. The van der Waals surface area contributed by atoms with Crippen LogP contribution in [0.25, 0.3) is 0 Å². The Labute approximate surface area is 108 Å². The standard InChI is InChI=1S/C15H20N2O/c1-11-14(12(2)17(3)16-11)9-10-15(18)13-7-5-4-6-8-13/h4-8,15,18H,9-10H2,1-3H3. The number of nitrogens with zero attached hydrogens (tertiary/aromatic N) is 2. The first kappa shape index (κ1) is 12.8. The second kappa shape index (κ2) is 5.36. The van der Waals surface area contributed by atoms with Crippen LogP contribution in [0.15, 0.2) is 30.3 Å². The van der Waals surface area contributed by atoms with Gasteiger partial charge in [-0.1, -0.05) is 30.3 Å². The van der Waals surface area contributed by atoms with Gasteiger partial charge >= 0.3 is 0 Å². The van der Waals surface area contributed by atoms with E-state index in [2.05, 4.69) is 12.0 Å². The molecule has 0 saturated carbocycles. The van der Waals surface area contributed by atoms with E-state index in [-0.39, 0.29) is 0 Å². The lowest BCUT2D eigenvalue weighted by Crippen LogP contribution is -2.01. The Hall–Kier alpha value is -1.61. The van der Waals surface area contributed by atoms with Crippen LogP contribution >= 0.6 is 0 Å². The number of aromatic nitrogens is 2. The molecular weight excluding hydrogens is 224 g/mol. The Morgan fingerprint density at radius 1 is 1.22 bits per heavy atom. The van der Waals surface area contributed by atoms with Crippen molar-refractivity contribution >= 4 is 0 Å². The molecule has 2 aromatic rings. The molecule has 3 nitrogen and oxygen atoms in total. The van der Waals surface area contributed by atoms with Gasteiger partial charge in [0.25, 0.3) is 0 Å². The van der Waals surface area contributed by atoms with Crippen molar-refractivity contribution in [2.45, 2.75) is 32.8 Å². The van der Waals surface area contributed by atoms with Crippen LogP contribution in [-0.2, 0) is 13.5 Å². The molecule has 96 valence electrons. The number of aliphatic hydroxyl groups excluding tert-OH is 1. The van der Waals surface area contributed by atoms with Crippen LogP contribution in [-0.4, -0.2) is 14.9 Å². The first-order valence-corrected chi connectivity index (χ1v) is 6.31. The zero-order chi connectivity index (χ0) is 13.1. The Morgan fingerprint density at radius 3 is 2.44 bits per heavy atom. The van der Waals surface area contributed by atoms with Crippen LogP contribution in [0.5, 0.6) is 0 Å². The maximum absolute atomic E-state index is 10.1. The number of aliphatic hydroxyl groups is 1. The van der Waals surface area contributed by atoms with Gasteiger partial charge in [0.15, 0.2) is 0 Å². The Balaban J connectivity index is 2.04. The highest BCUT2D eigenvalue weighted by molar-refractivity contribution is 5.25. The van der Waals surface area contributed by atoms with Gasteiger partial charge in [0.2, 0.25) is 0 Å². The van der Waals surface area contributed by atoms with E-state index in [1.807, 2.05) is 49.0 Å². The number of aryl methyl sites for hydroxylation is 2. The minimum atomic E-state index is -0.398. The summed E-state index contributed by atoms with van der Waals surface area (Å²) >= 11 is 0. The van der Waals surface area contributed by atoms with Gasteiger partial charge in [-0.15, -0.1) is 0 Å². The number of rotatable bonds is 4. The summed E-state index contributed by atoms with van der Waals surface area (Å²) in [5.41, 5.74) is 4.49. The summed E-state index contributed by atoms with van der Waals surface area (Å²) in [7, 11) is 1.96. The molecule has 1 atom stereocenters. The van der Waals surface area contributed by atoms with Gasteiger partial charge in [0.05, 0.1) is 11.8 Å². The van der Waals surface area contributed by atoms with Gasteiger partial charge in [0.1, 0.15) is 0 Å². The van der Waals surface area contributed by atoms with E-state index in [1.54, 1.807) is 0 Å². The predicted octanol–water partition coefficient (Wildman–Crippen LogP) is 2.70. The van der Waals surface area contributed by atoms with Crippen molar-refractivity contribution < 1.29 is 5.11 Å². The van der Waals surface area contributed by atoms with Gasteiger partial charge in [-0.05, 0) is 37.8 Å². The van der Waals surface area contributed by atoms with Gasteiger partial charge in [-0.25, -0.2) is 0 Å². The minimum absolute atomic E-state index is 0.398. The monoisotopic (exact) mass is 244 g/mol. The topological polar surface area (TPSA) is 38.0 Å². The average molecular weight is 244 g/mol. The predicted molar refractivity (Wildman–Crippen MR) is 72.4 cm³/mol. The minimum Gasteiger partial charge on any atom is -0.388 e. The number of benzene rings is 1. The molecule has 0 fully saturated rings. The van der Waals surface area contributed by atoms with Crippen LogP contribution in [0.2, 0.25) is 0 Å². The maximum atomic E-state index is 10.1. The zero-order valence-corrected chi connectivity index (χ0v) is 11.2. The fraction of sp³-hybridized carbons (Fsp3) is 0.400. The van der Waals surface area contributed by atoms with E-state index < -0.39 is 6.10 Å². The van der Waals surface area contributed by atoms with Crippen LogP contribution in [0.1, 0.15) is 35.0 Å². The highest BCUT2D eigenvalue weighted by Gasteiger charge is 2.12.